The second-order valence-electron chi connectivity index (χ2n) is 4.14. The third kappa shape index (κ3) is 8.55. The Hall–Kier alpha value is -2.83. The van der Waals surface area contributed by atoms with Crippen LogP contribution < -0.4 is 5.48 Å². The Morgan fingerprint density at radius 2 is 1.72 bits per heavy atom. The first-order chi connectivity index (χ1) is 11.4. The fourth-order valence-corrected chi connectivity index (χ4v) is 0.952. The minimum Gasteiger partial charge on any atom is -0.479 e. The molecule has 8 nitrogen and oxygen atoms in total. The van der Waals surface area contributed by atoms with E-state index in [4.69, 9.17) is 15.0 Å². The Morgan fingerprint density at radius 1 is 1.20 bits per heavy atom. The molecule has 1 aromatic heterocycles. The van der Waals surface area contributed by atoms with Crippen molar-refractivity contribution < 1.29 is 51.4 Å². The lowest BCUT2D eigenvalue weighted by atomic mass is 10.2. The quantitative estimate of drug-likeness (QED) is 0.530. The van der Waals surface area contributed by atoms with Crippen LogP contribution in [-0.4, -0.2) is 45.3 Å². The van der Waals surface area contributed by atoms with Crippen LogP contribution in [0.15, 0.2) is 18.5 Å². The minimum absolute atomic E-state index is 0.148. The number of amides is 1. The molecule has 0 saturated heterocycles. The maximum Gasteiger partial charge on any atom is 0.490 e. The average Bonchev–Trinajstić information content (AvgIpc) is 2.51. The van der Waals surface area contributed by atoms with Gasteiger partial charge >= 0.3 is 18.1 Å². The molecule has 25 heavy (non-hydrogen) atoms. The van der Waals surface area contributed by atoms with E-state index >= 15 is 0 Å². The minimum atomic E-state index is -5.08. The zero-order chi connectivity index (χ0) is 19.8. The van der Waals surface area contributed by atoms with E-state index < -0.39 is 42.1 Å². The van der Waals surface area contributed by atoms with Gasteiger partial charge in [0.2, 0.25) is 0 Å². The summed E-state index contributed by atoms with van der Waals surface area (Å²) in [5.74, 6) is -4.87. The zero-order valence-corrected chi connectivity index (χ0v) is 12.3. The van der Waals surface area contributed by atoms with Gasteiger partial charge in [0.05, 0.1) is 5.56 Å². The van der Waals surface area contributed by atoms with Crippen molar-refractivity contribution in [2.45, 2.75) is 25.6 Å². The number of pyridine rings is 1. The standard InChI is InChI=1S/C10H10F2N2O4.C2HF3O2/c1-5(10(16)17)18-14-9(15)7-2-6(8(11)12)3-13-4-7;3-2(4,5)1(6)7/h2-5,8H,1H3,(H,14,15)(H,16,17);(H,6,7)/t5-;/m0./s1. The van der Waals surface area contributed by atoms with Gasteiger partial charge in [-0.2, -0.15) is 13.2 Å². The number of nitrogens with zero attached hydrogens (tertiary/aromatic N) is 1. The number of carbonyl (C=O) groups is 3. The first-order valence-corrected chi connectivity index (χ1v) is 6.08. The Kier molecular flexibility index (Phi) is 8.39. The van der Waals surface area contributed by atoms with Crippen molar-refractivity contribution in [2.24, 2.45) is 0 Å². The van der Waals surface area contributed by atoms with Crippen molar-refractivity contribution in [3.8, 4) is 0 Å². The van der Waals surface area contributed by atoms with Crippen molar-refractivity contribution in [1.29, 1.82) is 0 Å². The SMILES string of the molecule is C[C@H](ONC(=O)c1cncc(C(F)F)c1)C(=O)O.O=C(O)C(F)(F)F. The summed E-state index contributed by atoms with van der Waals surface area (Å²) in [5, 5.41) is 15.6. The summed E-state index contributed by atoms with van der Waals surface area (Å²) in [4.78, 5) is 38.7. The largest absolute Gasteiger partial charge is 0.490 e. The highest BCUT2D eigenvalue weighted by Gasteiger charge is 2.38. The summed E-state index contributed by atoms with van der Waals surface area (Å²) in [7, 11) is 0. The van der Waals surface area contributed by atoms with Gasteiger partial charge in [-0.1, -0.05) is 0 Å². The van der Waals surface area contributed by atoms with Crippen LogP contribution >= 0.6 is 0 Å². The molecule has 0 bridgehead atoms. The van der Waals surface area contributed by atoms with Crippen molar-refractivity contribution in [1.82, 2.24) is 10.5 Å². The molecule has 13 heteroatoms. The van der Waals surface area contributed by atoms with Crippen LogP contribution in [0.4, 0.5) is 22.0 Å². The number of hydrogen-bond acceptors (Lipinski definition) is 5. The lowest BCUT2D eigenvalue weighted by Crippen LogP contribution is -2.32. The average molecular weight is 374 g/mol. The maximum absolute atomic E-state index is 12.3. The molecule has 0 unspecified atom stereocenters. The second-order valence-corrected chi connectivity index (χ2v) is 4.14. The molecule has 1 atom stereocenters. The molecule has 1 rings (SSSR count). The number of carboxylic acid groups (broad SMARTS) is 2. The van der Waals surface area contributed by atoms with E-state index in [2.05, 4.69) is 9.82 Å². The van der Waals surface area contributed by atoms with Crippen LogP contribution in [0.25, 0.3) is 0 Å². The van der Waals surface area contributed by atoms with Gasteiger partial charge < -0.3 is 10.2 Å². The highest BCUT2D eigenvalue weighted by atomic mass is 19.4. The van der Waals surface area contributed by atoms with Gasteiger partial charge in [0.25, 0.3) is 12.3 Å². The molecule has 0 fully saturated rings. The normalized spacial score (nSPS) is 12.0. The number of rotatable bonds is 5. The van der Waals surface area contributed by atoms with E-state index in [-0.39, 0.29) is 5.56 Å². The Morgan fingerprint density at radius 3 is 2.12 bits per heavy atom. The first kappa shape index (κ1) is 22.2. The van der Waals surface area contributed by atoms with Gasteiger partial charge in [0.15, 0.2) is 6.10 Å². The molecule has 0 aromatic carbocycles. The lowest BCUT2D eigenvalue weighted by Gasteiger charge is -2.09. The molecule has 0 radical (unpaired) electrons. The van der Waals surface area contributed by atoms with E-state index in [0.29, 0.717) is 0 Å². The van der Waals surface area contributed by atoms with E-state index in [9.17, 15) is 31.5 Å². The molecule has 1 heterocycles. The first-order valence-electron chi connectivity index (χ1n) is 6.08. The highest BCUT2D eigenvalue weighted by Crippen LogP contribution is 2.18. The third-order valence-electron chi connectivity index (χ3n) is 2.19. The van der Waals surface area contributed by atoms with Crippen LogP contribution in [0.3, 0.4) is 0 Å². The summed E-state index contributed by atoms with van der Waals surface area (Å²) in [6, 6.07) is 0.946. The molecule has 0 spiro atoms. The Balaban J connectivity index is 0.000000697. The molecule has 0 aliphatic rings. The zero-order valence-electron chi connectivity index (χ0n) is 12.3. The molecule has 0 aliphatic heterocycles. The number of nitrogens with one attached hydrogen (secondary N) is 1. The summed E-state index contributed by atoms with van der Waals surface area (Å²) < 4.78 is 56.4. The van der Waals surface area contributed by atoms with Crippen molar-refractivity contribution >= 4 is 17.8 Å². The van der Waals surface area contributed by atoms with E-state index in [1.54, 1.807) is 0 Å². The number of halogens is 5. The topological polar surface area (TPSA) is 126 Å². The maximum atomic E-state index is 12.3. The van der Waals surface area contributed by atoms with E-state index in [0.717, 1.165) is 18.5 Å². The van der Waals surface area contributed by atoms with Crippen LogP contribution in [-0.2, 0) is 14.4 Å². The molecule has 140 valence electrons. The third-order valence-corrected chi connectivity index (χ3v) is 2.19. The van der Waals surface area contributed by atoms with Crippen molar-refractivity contribution in [2.75, 3.05) is 0 Å². The van der Waals surface area contributed by atoms with Gasteiger partial charge in [0, 0.05) is 18.0 Å². The second kappa shape index (κ2) is 9.46. The summed E-state index contributed by atoms with van der Waals surface area (Å²) in [5.41, 5.74) is 1.29. The molecule has 0 aliphatic carbocycles. The summed E-state index contributed by atoms with van der Waals surface area (Å²) >= 11 is 0. The molecule has 0 saturated carbocycles. The van der Waals surface area contributed by atoms with Crippen LogP contribution in [0.5, 0.6) is 0 Å². The van der Waals surface area contributed by atoms with Gasteiger partial charge in [-0.05, 0) is 13.0 Å². The number of alkyl halides is 5. The van der Waals surface area contributed by atoms with Gasteiger partial charge in [0.1, 0.15) is 0 Å². The fourth-order valence-electron chi connectivity index (χ4n) is 0.952. The number of hydrogen-bond donors (Lipinski definition) is 3. The predicted octanol–water partition coefficient (Wildman–Crippen LogP) is 1.79. The molecule has 1 amide bonds. The fraction of sp³-hybridized carbons (Fsp3) is 0.333. The van der Waals surface area contributed by atoms with Crippen molar-refractivity contribution in [3.05, 3.63) is 29.6 Å². The van der Waals surface area contributed by atoms with Gasteiger partial charge in [-0.3, -0.25) is 14.6 Å². The number of hydroxylamine groups is 1. The Bertz CT molecular complexity index is 622. The molecule has 3 N–H and O–H groups in total. The van der Waals surface area contributed by atoms with Crippen LogP contribution in [0.1, 0.15) is 29.3 Å². The molecular formula is C12H11F5N2O6. The summed E-state index contributed by atoms with van der Waals surface area (Å²) in [6.07, 6.45) is -7.08. The van der Waals surface area contributed by atoms with Crippen molar-refractivity contribution in [3.63, 3.8) is 0 Å². The highest BCUT2D eigenvalue weighted by molar-refractivity contribution is 5.93. The van der Waals surface area contributed by atoms with Gasteiger partial charge in [-0.25, -0.2) is 23.9 Å². The number of carboxylic acids is 2. The lowest BCUT2D eigenvalue weighted by molar-refractivity contribution is -0.192. The monoisotopic (exact) mass is 374 g/mol. The molecular weight excluding hydrogens is 363 g/mol. The summed E-state index contributed by atoms with van der Waals surface area (Å²) in [6.45, 7) is 1.20. The predicted molar refractivity (Wildman–Crippen MR) is 68.5 cm³/mol. The Labute approximate surface area is 136 Å². The van der Waals surface area contributed by atoms with Crippen LogP contribution in [0.2, 0.25) is 0 Å². The number of carbonyl (C=O) groups excluding carboxylic acids is 1. The number of aliphatic carboxylic acids is 2. The van der Waals surface area contributed by atoms with Crippen LogP contribution in [0, 0.1) is 0 Å². The smallest absolute Gasteiger partial charge is 0.479 e. The number of aromatic nitrogens is 1. The molecule has 1 aromatic rings. The van der Waals surface area contributed by atoms with E-state index in [1.807, 2.05) is 5.48 Å². The van der Waals surface area contributed by atoms with Gasteiger partial charge in [-0.15, -0.1) is 0 Å². The van der Waals surface area contributed by atoms with E-state index in [1.165, 1.54) is 6.92 Å².